The van der Waals surface area contributed by atoms with E-state index in [1.165, 1.54) is 12.1 Å². The van der Waals surface area contributed by atoms with Crippen molar-refractivity contribution < 1.29 is 8.42 Å². The molecule has 1 aromatic rings. The van der Waals surface area contributed by atoms with Gasteiger partial charge in [-0.3, -0.25) is 0 Å². The van der Waals surface area contributed by atoms with E-state index in [4.69, 9.17) is 28.9 Å². The molecule has 0 aliphatic carbocycles. The number of hydrogen-bond acceptors (Lipinski definition) is 5. The highest BCUT2D eigenvalue weighted by molar-refractivity contribution is 7.89. The van der Waals surface area contributed by atoms with E-state index in [0.717, 1.165) is 13.1 Å². The highest BCUT2D eigenvalue weighted by Gasteiger charge is 2.24. The maximum Gasteiger partial charge on any atom is 0.255 e. The van der Waals surface area contributed by atoms with Gasteiger partial charge in [0.25, 0.3) is 10.0 Å². The predicted molar refractivity (Wildman–Crippen MR) is 80.3 cm³/mol. The van der Waals surface area contributed by atoms with Crippen molar-refractivity contribution in [3.8, 4) is 0 Å². The number of halogens is 2. The molecule has 3 N–H and O–H groups in total. The number of likely N-dealkylation sites (N-methyl/N-ethyl adjacent to an activating group) is 1. The summed E-state index contributed by atoms with van der Waals surface area (Å²) in [6.45, 7) is 2.80. The minimum atomic E-state index is -3.76. The minimum absolute atomic E-state index is 0.0564. The van der Waals surface area contributed by atoms with Crippen molar-refractivity contribution in [2.45, 2.75) is 4.90 Å². The number of nitrogens with two attached hydrogens (primary N) is 1. The number of hydrazine groups is 1. The van der Waals surface area contributed by atoms with E-state index >= 15 is 0 Å². The Morgan fingerprint density at radius 3 is 2.40 bits per heavy atom. The summed E-state index contributed by atoms with van der Waals surface area (Å²) >= 11 is 11.8. The zero-order valence-electron chi connectivity index (χ0n) is 10.9. The van der Waals surface area contributed by atoms with Crippen LogP contribution in [0, 0.1) is 0 Å². The first-order valence-corrected chi connectivity index (χ1v) is 8.24. The first kappa shape index (κ1) is 15.8. The van der Waals surface area contributed by atoms with Gasteiger partial charge in [0.2, 0.25) is 0 Å². The molecule has 1 aliphatic heterocycles. The smallest absolute Gasteiger partial charge is 0.255 e. The number of nitrogen functional groups attached to an aromatic ring is 1. The Morgan fingerprint density at radius 1 is 1.20 bits per heavy atom. The van der Waals surface area contributed by atoms with E-state index in [1.54, 1.807) is 5.01 Å². The molecule has 0 spiro atoms. The Kier molecular flexibility index (Phi) is 4.78. The van der Waals surface area contributed by atoms with Gasteiger partial charge in [-0.1, -0.05) is 23.2 Å². The molecule has 0 atom stereocenters. The average molecular weight is 339 g/mol. The predicted octanol–water partition coefficient (Wildman–Crippen LogP) is 1.02. The third-order valence-corrected chi connectivity index (χ3v) is 5.40. The summed E-state index contributed by atoms with van der Waals surface area (Å²) in [7, 11) is -1.77. The number of hydrogen-bond donors (Lipinski definition) is 2. The maximum atomic E-state index is 12.3. The summed E-state index contributed by atoms with van der Waals surface area (Å²) in [4.78, 5) is 4.57. The van der Waals surface area contributed by atoms with Crippen LogP contribution in [0.25, 0.3) is 0 Å². The first-order valence-electron chi connectivity index (χ1n) is 6.00. The lowest BCUT2D eigenvalue weighted by molar-refractivity contribution is 0.135. The van der Waals surface area contributed by atoms with E-state index < -0.39 is 10.0 Å². The van der Waals surface area contributed by atoms with Crippen molar-refractivity contribution in [3.05, 3.63) is 22.2 Å². The van der Waals surface area contributed by atoms with Gasteiger partial charge in [0.1, 0.15) is 4.90 Å². The van der Waals surface area contributed by atoms with E-state index in [2.05, 4.69) is 9.73 Å². The van der Waals surface area contributed by atoms with Crippen LogP contribution in [0.3, 0.4) is 0 Å². The number of sulfonamides is 1. The Bertz CT molecular complexity index is 601. The molecule has 1 aromatic carbocycles. The topological polar surface area (TPSA) is 78.7 Å². The molecule has 6 nitrogen and oxygen atoms in total. The van der Waals surface area contributed by atoms with Gasteiger partial charge in [0.15, 0.2) is 0 Å². The molecule has 0 amide bonds. The van der Waals surface area contributed by atoms with Gasteiger partial charge in [-0.25, -0.2) is 13.4 Å². The number of benzene rings is 1. The summed E-state index contributed by atoms with van der Waals surface area (Å²) in [5, 5.41) is 1.82. The largest absolute Gasteiger partial charge is 0.396 e. The van der Waals surface area contributed by atoms with E-state index in [-0.39, 0.29) is 20.6 Å². The molecule has 0 saturated carbocycles. The summed E-state index contributed by atoms with van der Waals surface area (Å²) < 4.78 is 24.6. The van der Waals surface area contributed by atoms with Gasteiger partial charge in [-0.2, -0.15) is 0 Å². The van der Waals surface area contributed by atoms with Gasteiger partial charge in [-0.05, 0) is 19.2 Å². The summed E-state index contributed by atoms with van der Waals surface area (Å²) in [5.74, 6) is 0. The molecule has 1 aliphatic rings. The maximum absolute atomic E-state index is 12.3. The quantitative estimate of drug-likeness (QED) is 0.804. The van der Waals surface area contributed by atoms with Gasteiger partial charge in [0, 0.05) is 26.2 Å². The van der Waals surface area contributed by atoms with Gasteiger partial charge >= 0.3 is 0 Å². The van der Waals surface area contributed by atoms with E-state index in [1.807, 2.05) is 7.05 Å². The zero-order valence-corrected chi connectivity index (χ0v) is 13.3. The van der Waals surface area contributed by atoms with Gasteiger partial charge in [0.05, 0.1) is 15.7 Å². The van der Waals surface area contributed by atoms with Crippen molar-refractivity contribution >= 4 is 38.9 Å². The fourth-order valence-corrected chi connectivity index (χ4v) is 3.76. The van der Waals surface area contributed by atoms with E-state index in [9.17, 15) is 8.42 Å². The van der Waals surface area contributed by atoms with Crippen molar-refractivity contribution in [3.63, 3.8) is 0 Å². The number of nitrogens with one attached hydrogen (secondary N) is 1. The van der Waals surface area contributed by atoms with Crippen LogP contribution >= 0.6 is 23.2 Å². The highest BCUT2D eigenvalue weighted by Crippen LogP contribution is 2.33. The molecule has 112 valence electrons. The van der Waals surface area contributed by atoms with Crippen molar-refractivity contribution in [2.24, 2.45) is 0 Å². The van der Waals surface area contributed by atoms with Gasteiger partial charge in [-0.15, -0.1) is 4.83 Å². The number of anilines is 1. The van der Waals surface area contributed by atoms with Crippen LogP contribution in [0.5, 0.6) is 0 Å². The molecule has 1 fully saturated rings. The molecule has 0 aromatic heterocycles. The second kappa shape index (κ2) is 6.05. The van der Waals surface area contributed by atoms with Crippen molar-refractivity contribution in [1.82, 2.24) is 14.7 Å². The number of rotatable bonds is 3. The van der Waals surface area contributed by atoms with Crippen molar-refractivity contribution in [1.29, 1.82) is 0 Å². The van der Waals surface area contributed by atoms with Crippen LogP contribution in [0.15, 0.2) is 17.0 Å². The highest BCUT2D eigenvalue weighted by atomic mass is 35.5. The lowest BCUT2D eigenvalue weighted by Crippen LogP contribution is -2.52. The van der Waals surface area contributed by atoms with Crippen LogP contribution in [-0.2, 0) is 10.0 Å². The molecule has 0 bridgehead atoms. The molecule has 0 unspecified atom stereocenters. The molecule has 20 heavy (non-hydrogen) atoms. The Balaban J connectivity index is 2.21. The fourth-order valence-electron chi connectivity index (χ4n) is 1.87. The molecular formula is C11H16Cl2N4O2S. The summed E-state index contributed by atoms with van der Waals surface area (Å²) in [5.41, 5.74) is 5.72. The van der Waals surface area contributed by atoms with E-state index in [0.29, 0.717) is 13.1 Å². The second-order valence-electron chi connectivity index (χ2n) is 4.66. The monoisotopic (exact) mass is 338 g/mol. The van der Waals surface area contributed by atoms with Gasteiger partial charge < -0.3 is 10.6 Å². The van der Waals surface area contributed by atoms with Crippen LogP contribution in [-0.4, -0.2) is 51.6 Å². The zero-order chi connectivity index (χ0) is 14.9. The normalized spacial score (nSPS) is 18.4. The first-order chi connectivity index (χ1) is 9.31. The summed E-state index contributed by atoms with van der Waals surface area (Å²) in [6.07, 6.45) is 0. The third kappa shape index (κ3) is 3.36. The minimum Gasteiger partial charge on any atom is -0.396 e. The standard InChI is InChI=1S/C11H16Cl2N4O2S/c1-16-4-6-17(7-5-16)15-20(18,19)9-3-2-8(12)11(14)10(9)13/h2-3,15H,4-7,14H2,1H3. The molecular weight excluding hydrogens is 323 g/mol. The van der Waals surface area contributed by atoms with Crippen LogP contribution in [0.1, 0.15) is 0 Å². The number of piperazine rings is 1. The Morgan fingerprint density at radius 2 is 1.80 bits per heavy atom. The lowest BCUT2D eigenvalue weighted by Gasteiger charge is -2.32. The Labute approximate surface area is 128 Å². The Hall–Kier alpha value is -0.570. The third-order valence-electron chi connectivity index (χ3n) is 3.13. The summed E-state index contributed by atoms with van der Waals surface area (Å²) in [6, 6.07) is 2.76. The van der Waals surface area contributed by atoms with Crippen LogP contribution in [0.4, 0.5) is 5.69 Å². The average Bonchev–Trinajstić information content (AvgIpc) is 2.38. The second-order valence-corrected chi connectivity index (χ2v) is 7.07. The molecule has 9 heteroatoms. The molecule has 2 rings (SSSR count). The van der Waals surface area contributed by atoms with Crippen molar-refractivity contribution in [2.75, 3.05) is 39.0 Å². The molecule has 1 heterocycles. The van der Waals surface area contributed by atoms with Crippen LogP contribution < -0.4 is 10.6 Å². The number of nitrogens with zero attached hydrogens (tertiary/aromatic N) is 2. The lowest BCUT2D eigenvalue weighted by atomic mass is 10.3. The fraction of sp³-hybridized carbons (Fsp3) is 0.455. The van der Waals surface area contributed by atoms with Crippen LogP contribution in [0.2, 0.25) is 10.0 Å². The molecule has 1 saturated heterocycles. The SMILES string of the molecule is CN1CCN(NS(=O)(=O)c2ccc(Cl)c(N)c2Cl)CC1. The molecule has 0 radical (unpaired) electrons.